The zero-order valence-corrected chi connectivity index (χ0v) is 14.8. The Morgan fingerprint density at radius 2 is 1.79 bits per heavy atom. The van der Waals surface area contributed by atoms with E-state index < -0.39 is 28.9 Å². The number of anilines is 1. The fraction of sp³-hybridized carbons (Fsp3) is 0.312. The van der Waals surface area contributed by atoms with Gasteiger partial charge in [-0.3, -0.25) is 5.01 Å². The highest BCUT2D eigenvalue weighted by atomic mass is 35.5. The third-order valence-electron chi connectivity index (χ3n) is 4.34. The lowest BCUT2D eigenvalue weighted by Gasteiger charge is -2.31. The number of rotatable bonds is 2. The first-order valence-corrected chi connectivity index (χ1v) is 8.62. The molecule has 28 heavy (non-hydrogen) atoms. The van der Waals surface area contributed by atoms with Gasteiger partial charge in [-0.25, -0.2) is 14.2 Å². The van der Waals surface area contributed by atoms with Crippen LogP contribution in [0.5, 0.6) is 0 Å². The molecule has 0 unspecified atom stereocenters. The number of nitrogens with one attached hydrogen (secondary N) is 1. The molecule has 0 radical (unpaired) electrons. The van der Waals surface area contributed by atoms with Crippen LogP contribution < -0.4 is 10.4 Å². The molecule has 0 aliphatic carbocycles. The van der Waals surface area contributed by atoms with E-state index in [1.807, 2.05) is 0 Å². The van der Waals surface area contributed by atoms with Crippen LogP contribution in [0.4, 0.5) is 27.8 Å². The van der Waals surface area contributed by atoms with Crippen molar-refractivity contribution in [2.45, 2.75) is 19.0 Å². The summed E-state index contributed by atoms with van der Waals surface area (Å²) in [4.78, 5) is 7.89. The summed E-state index contributed by atoms with van der Waals surface area (Å²) in [6.07, 6.45) is -2.04. The van der Waals surface area contributed by atoms with Crippen LogP contribution in [0.2, 0.25) is 5.15 Å². The Hall–Kier alpha value is -2.53. The second-order valence-corrected chi connectivity index (χ2v) is 6.51. The lowest BCUT2D eigenvalue weighted by molar-refractivity contribution is -0.137. The SMILES string of the molecule is Fc1cc(C(F)(F)F)cc(F)c1-c1c(Cl)nc2ncnn2c1N1CCCCN1. The molecule has 1 N–H and O–H groups in total. The van der Waals surface area contributed by atoms with Gasteiger partial charge >= 0.3 is 6.18 Å². The van der Waals surface area contributed by atoms with E-state index in [1.54, 1.807) is 5.01 Å². The van der Waals surface area contributed by atoms with Gasteiger partial charge in [-0.1, -0.05) is 11.6 Å². The van der Waals surface area contributed by atoms with Gasteiger partial charge in [0, 0.05) is 13.1 Å². The minimum Gasteiger partial charge on any atom is -0.291 e. The molecule has 0 saturated carbocycles. The van der Waals surface area contributed by atoms with Gasteiger partial charge in [-0.2, -0.15) is 32.8 Å². The molecule has 1 saturated heterocycles. The van der Waals surface area contributed by atoms with Crippen molar-refractivity contribution in [3.63, 3.8) is 0 Å². The Labute approximate surface area is 159 Å². The smallest absolute Gasteiger partial charge is 0.291 e. The maximum absolute atomic E-state index is 14.7. The monoisotopic (exact) mass is 418 g/mol. The first-order valence-electron chi connectivity index (χ1n) is 8.24. The molecule has 3 aromatic rings. The highest BCUT2D eigenvalue weighted by Crippen LogP contribution is 2.41. The third-order valence-corrected chi connectivity index (χ3v) is 4.62. The first kappa shape index (κ1) is 18.8. The fourth-order valence-electron chi connectivity index (χ4n) is 3.11. The topological polar surface area (TPSA) is 58.4 Å². The number of hydrogen-bond acceptors (Lipinski definition) is 5. The van der Waals surface area contributed by atoms with Gasteiger partial charge in [0.1, 0.15) is 23.1 Å². The van der Waals surface area contributed by atoms with Gasteiger partial charge in [0.25, 0.3) is 5.78 Å². The number of hydrazine groups is 1. The fourth-order valence-corrected chi connectivity index (χ4v) is 3.37. The average molecular weight is 419 g/mol. The second kappa shape index (κ2) is 6.82. The van der Waals surface area contributed by atoms with Crippen LogP contribution in [0.1, 0.15) is 18.4 Å². The summed E-state index contributed by atoms with van der Waals surface area (Å²) in [5.74, 6) is -2.59. The molecule has 148 valence electrons. The Bertz CT molecular complexity index is 1020. The van der Waals surface area contributed by atoms with E-state index in [9.17, 15) is 22.0 Å². The molecule has 1 aliphatic heterocycles. The quantitative estimate of drug-likeness (QED) is 0.506. The van der Waals surface area contributed by atoms with Gasteiger partial charge in [0.15, 0.2) is 5.82 Å². The van der Waals surface area contributed by atoms with Gasteiger partial charge < -0.3 is 0 Å². The first-order chi connectivity index (χ1) is 13.3. The minimum absolute atomic E-state index is 0.0869. The molecule has 0 bridgehead atoms. The predicted octanol–water partition coefficient (Wildman–Crippen LogP) is 3.85. The van der Waals surface area contributed by atoms with Crippen LogP contribution in [-0.4, -0.2) is 32.7 Å². The molecule has 0 spiro atoms. The van der Waals surface area contributed by atoms with Crippen molar-refractivity contribution in [2.75, 3.05) is 18.1 Å². The van der Waals surface area contributed by atoms with Crippen molar-refractivity contribution < 1.29 is 22.0 Å². The van der Waals surface area contributed by atoms with E-state index >= 15 is 0 Å². The molecule has 12 heteroatoms. The van der Waals surface area contributed by atoms with Crippen LogP contribution in [0.15, 0.2) is 18.5 Å². The lowest BCUT2D eigenvalue weighted by Crippen LogP contribution is -2.44. The van der Waals surface area contributed by atoms with E-state index in [1.165, 1.54) is 10.8 Å². The zero-order valence-electron chi connectivity index (χ0n) is 14.1. The Kier molecular flexibility index (Phi) is 4.58. The van der Waals surface area contributed by atoms with E-state index in [-0.39, 0.29) is 34.4 Å². The molecule has 2 aromatic heterocycles. The minimum atomic E-state index is -4.89. The third kappa shape index (κ3) is 3.14. The molecule has 1 aliphatic rings. The molecule has 1 fully saturated rings. The zero-order chi connectivity index (χ0) is 20.1. The van der Waals surface area contributed by atoms with Crippen molar-refractivity contribution in [3.8, 4) is 11.1 Å². The number of halogens is 6. The maximum atomic E-state index is 14.7. The number of fused-ring (bicyclic) bond motifs is 1. The lowest BCUT2D eigenvalue weighted by atomic mass is 10.0. The van der Waals surface area contributed by atoms with Crippen LogP contribution in [0.3, 0.4) is 0 Å². The van der Waals surface area contributed by atoms with Crippen molar-refractivity contribution in [1.82, 2.24) is 25.0 Å². The molecule has 4 rings (SSSR count). The number of benzene rings is 1. The summed E-state index contributed by atoms with van der Waals surface area (Å²) in [6.45, 7) is 1.06. The Morgan fingerprint density at radius 1 is 1.07 bits per heavy atom. The van der Waals surface area contributed by atoms with Gasteiger partial charge in [0.05, 0.1) is 16.7 Å². The summed E-state index contributed by atoms with van der Waals surface area (Å²) in [5.41, 5.74) is 0.700. The summed E-state index contributed by atoms with van der Waals surface area (Å²) < 4.78 is 69.2. The largest absolute Gasteiger partial charge is 0.416 e. The molecule has 0 atom stereocenters. The standard InChI is InChI=1S/C16H12ClF5N6/c17-13-12(11-9(18)5-8(6-10(11)19)16(20,21)22)14(27-4-2-1-3-24-27)28-15(26-13)23-7-25-28/h5-7,24H,1-4H2. The summed E-state index contributed by atoms with van der Waals surface area (Å²) >= 11 is 6.19. The summed E-state index contributed by atoms with van der Waals surface area (Å²) in [6, 6.07) is 0.460. The van der Waals surface area contributed by atoms with Crippen molar-refractivity contribution in [1.29, 1.82) is 0 Å². The molecule has 3 heterocycles. The van der Waals surface area contributed by atoms with Gasteiger partial charge in [-0.15, -0.1) is 0 Å². The van der Waals surface area contributed by atoms with Gasteiger partial charge in [0.2, 0.25) is 0 Å². The van der Waals surface area contributed by atoms with E-state index in [0.29, 0.717) is 13.1 Å². The molecular formula is C16H12ClF5N6. The van der Waals surface area contributed by atoms with E-state index in [2.05, 4.69) is 20.5 Å². The summed E-state index contributed by atoms with van der Waals surface area (Å²) in [7, 11) is 0. The number of hydrogen-bond donors (Lipinski definition) is 1. The normalized spacial score (nSPS) is 15.4. The summed E-state index contributed by atoms with van der Waals surface area (Å²) in [5, 5.41) is 5.30. The Morgan fingerprint density at radius 3 is 2.39 bits per heavy atom. The Balaban J connectivity index is 2.00. The van der Waals surface area contributed by atoms with E-state index in [0.717, 1.165) is 12.8 Å². The van der Waals surface area contributed by atoms with Crippen LogP contribution in [0.25, 0.3) is 16.9 Å². The highest BCUT2D eigenvalue weighted by molar-refractivity contribution is 6.33. The molecule has 1 aromatic carbocycles. The molecular weight excluding hydrogens is 407 g/mol. The highest BCUT2D eigenvalue weighted by Gasteiger charge is 2.34. The predicted molar refractivity (Wildman–Crippen MR) is 90.7 cm³/mol. The number of aromatic nitrogens is 4. The number of alkyl halides is 3. The molecule has 6 nitrogen and oxygen atoms in total. The molecule has 0 amide bonds. The van der Waals surface area contributed by atoms with Crippen molar-refractivity contribution in [3.05, 3.63) is 40.8 Å². The van der Waals surface area contributed by atoms with Gasteiger partial charge in [-0.05, 0) is 25.0 Å². The van der Waals surface area contributed by atoms with Crippen LogP contribution in [0, 0.1) is 11.6 Å². The average Bonchev–Trinajstić information content (AvgIpc) is 3.09. The van der Waals surface area contributed by atoms with Crippen molar-refractivity contribution in [2.24, 2.45) is 0 Å². The van der Waals surface area contributed by atoms with E-state index in [4.69, 9.17) is 11.6 Å². The van der Waals surface area contributed by atoms with Crippen LogP contribution >= 0.6 is 11.6 Å². The van der Waals surface area contributed by atoms with Crippen LogP contribution in [-0.2, 0) is 6.18 Å². The van der Waals surface area contributed by atoms with Crippen molar-refractivity contribution >= 4 is 23.2 Å². The number of nitrogens with zero attached hydrogens (tertiary/aromatic N) is 5. The second-order valence-electron chi connectivity index (χ2n) is 6.15. The maximum Gasteiger partial charge on any atom is 0.416 e.